The number of thiazole rings is 1. The summed E-state index contributed by atoms with van der Waals surface area (Å²) in [6, 6.07) is 19.0. The van der Waals surface area contributed by atoms with Crippen LogP contribution in [0, 0.1) is 0 Å². The molecule has 0 aliphatic rings. The predicted molar refractivity (Wildman–Crippen MR) is 117 cm³/mol. The maximum atomic E-state index is 12.0. The standard InChI is InChI=1S/C22H20N2O3S2/c1-22(20(25)26,24-12-4-5-13-24)16-8-10-17(11-9-16)27-14-15-28-21-23-18-6-2-3-7-19(18)29-21/h2-13H,14-15H2,1H3,(H,25,26). The fourth-order valence-corrected chi connectivity index (χ4v) is 5.05. The summed E-state index contributed by atoms with van der Waals surface area (Å²) in [6.07, 6.45) is 3.52. The summed E-state index contributed by atoms with van der Waals surface area (Å²) in [4.78, 5) is 16.6. The molecular formula is C22H20N2O3S2. The van der Waals surface area contributed by atoms with Crippen molar-refractivity contribution in [3.05, 3.63) is 78.6 Å². The summed E-state index contributed by atoms with van der Waals surface area (Å²) in [7, 11) is 0. The van der Waals surface area contributed by atoms with E-state index >= 15 is 0 Å². The maximum Gasteiger partial charge on any atom is 0.334 e. The first-order valence-electron chi connectivity index (χ1n) is 9.16. The number of hydrogen-bond acceptors (Lipinski definition) is 5. The van der Waals surface area contributed by atoms with Gasteiger partial charge in [0.15, 0.2) is 9.88 Å². The van der Waals surface area contributed by atoms with Crippen LogP contribution in [-0.2, 0) is 10.3 Å². The van der Waals surface area contributed by atoms with Crippen molar-refractivity contribution in [2.45, 2.75) is 16.8 Å². The monoisotopic (exact) mass is 424 g/mol. The smallest absolute Gasteiger partial charge is 0.334 e. The number of benzene rings is 2. The van der Waals surface area contributed by atoms with E-state index in [-0.39, 0.29) is 0 Å². The van der Waals surface area contributed by atoms with E-state index in [4.69, 9.17) is 4.74 Å². The zero-order valence-corrected chi connectivity index (χ0v) is 17.5. The van der Waals surface area contributed by atoms with Gasteiger partial charge in [-0.2, -0.15) is 0 Å². The number of rotatable bonds is 8. The maximum absolute atomic E-state index is 12.0. The number of carbonyl (C=O) groups is 1. The third kappa shape index (κ3) is 4.02. The van der Waals surface area contributed by atoms with Crippen LogP contribution in [0.2, 0.25) is 0 Å². The third-order valence-electron chi connectivity index (χ3n) is 4.81. The zero-order valence-electron chi connectivity index (χ0n) is 15.8. The highest BCUT2D eigenvalue weighted by Gasteiger charge is 2.36. The molecular weight excluding hydrogens is 404 g/mol. The molecule has 5 nitrogen and oxygen atoms in total. The fourth-order valence-electron chi connectivity index (χ4n) is 3.09. The highest BCUT2D eigenvalue weighted by atomic mass is 32.2. The van der Waals surface area contributed by atoms with Crippen molar-refractivity contribution in [1.29, 1.82) is 0 Å². The van der Waals surface area contributed by atoms with Crippen LogP contribution in [0.5, 0.6) is 5.75 Å². The summed E-state index contributed by atoms with van der Waals surface area (Å²) >= 11 is 3.36. The van der Waals surface area contributed by atoms with Crippen molar-refractivity contribution in [2.75, 3.05) is 12.4 Å². The molecule has 0 radical (unpaired) electrons. The van der Waals surface area contributed by atoms with Crippen molar-refractivity contribution in [2.24, 2.45) is 0 Å². The van der Waals surface area contributed by atoms with Crippen molar-refractivity contribution in [3.63, 3.8) is 0 Å². The van der Waals surface area contributed by atoms with Gasteiger partial charge in [0.05, 0.1) is 16.8 Å². The molecule has 0 spiro atoms. The van der Waals surface area contributed by atoms with Gasteiger partial charge in [-0.1, -0.05) is 36.0 Å². The molecule has 2 aromatic heterocycles. The molecule has 7 heteroatoms. The Kier molecular flexibility index (Phi) is 5.60. The van der Waals surface area contributed by atoms with Gasteiger partial charge in [0.2, 0.25) is 0 Å². The van der Waals surface area contributed by atoms with Gasteiger partial charge in [0, 0.05) is 18.1 Å². The largest absolute Gasteiger partial charge is 0.493 e. The summed E-state index contributed by atoms with van der Waals surface area (Å²) in [5.41, 5.74) is 0.558. The molecule has 1 N–H and O–H groups in total. The molecule has 0 saturated carbocycles. The first-order valence-corrected chi connectivity index (χ1v) is 11.0. The molecule has 2 aromatic carbocycles. The Morgan fingerprint density at radius 3 is 2.55 bits per heavy atom. The lowest BCUT2D eigenvalue weighted by Crippen LogP contribution is -2.39. The average Bonchev–Trinajstić information content (AvgIpc) is 3.40. The van der Waals surface area contributed by atoms with E-state index in [1.165, 1.54) is 4.70 Å². The molecule has 2 heterocycles. The van der Waals surface area contributed by atoms with Crippen LogP contribution in [0.15, 0.2) is 77.4 Å². The zero-order chi connectivity index (χ0) is 20.3. The van der Waals surface area contributed by atoms with Crippen molar-refractivity contribution >= 4 is 39.3 Å². The molecule has 1 atom stereocenters. The summed E-state index contributed by atoms with van der Waals surface area (Å²) in [6.45, 7) is 2.24. The number of carboxylic acid groups (broad SMARTS) is 1. The molecule has 4 rings (SSSR count). The molecule has 0 bridgehead atoms. The van der Waals surface area contributed by atoms with Crippen LogP contribution >= 0.6 is 23.1 Å². The number of hydrogen-bond donors (Lipinski definition) is 1. The lowest BCUT2D eigenvalue weighted by atomic mass is 9.92. The fraction of sp³-hybridized carbons (Fsp3) is 0.182. The van der Waals surface area contributed by atoms with Crippen molar-refractivity contribution < 1.29 is 14.6 Å². The Hall–Kier alpha value is -2.77. The van der Waals surface area contributed by atoms with E-state index in [9.17, 15) is 9.90 Å². The van der Waals surface area contributed by atoms with Gasteiger partial charge in [-0.25, -0.2) is 9.78 Å². The lowest BCUT2D eigenvalue weighted by molar-refractivity contribution is -0.144. The normalized spacial score (nSPS) is 13.3. The second-order valence-electron chi connectivity index (χ2n) is 6.64. The SMILES string of the molecule is CC(C(=O)O)(c1ccc(OCCSc2nc3ccccc3s2)cc1)n1cccc1. The van der Waals surface area contributed by atoms with E-state index in [2.05, 4.69) is 11.1 Å². The van der Waals surface area contributed by atoms with Crippen LogP contribution in [-0.4, -0.2) is 33.0 Å². The van der Waals surface area contributed by atoms with Crippen LogP contribution in [0.3, 0.4) is 0 Å². The van der Waals surface area contributed by atoms with Gasteiger partial charge >= 0.3 is 5.97 Å². The first-order chi connectivity index (χ1) is 14.1. The Morgan fingerprint density at radius 2 is 1.86 bits per heavy atom. The first kappa shape index (κ1) is 19.5. The number of carboxylic acids is 1. The minimum atomic E-state index is -1.16. The lowest BCUT2D eigenvalue weighted by Gasteiger charge is -2.27. The number of aliphatic carboxylic acids is 1. The van der Waals surface area contributed by atoms with Crippen LogP contribution in [0.1, 0.15) is 12.5 Å². The molecule has 0 fully saturated rings. The van der Waals surface area contributed by atoms with E-state index in [0.29, 0.717) is 12.2 Å². The predicted octanol–water partition coefficient (Wildman–Crippen LogP) is 5.12. The van der Waals surface area contributed by atoms with E-state index < -0.39 is 11.5 Å². The van der Waals surface area contributed by atoms with Gasteiger partial charge in [-0.05, 0) is 48.9 Å². The average molecular weight is 425 g/mol. The second-order valence-corrected chi connectivity index (χ2v) is 9.01. The Bertz CT molecular complexity index is 1070. The summed E-state index contributed by atoms with van der Waals surface area (Å²) < 4.78 is 9.74. The van der Waals surface area contributed by atoms with E-state index in [1.54, 1.807) is 47.0 Å². The van der Waals surface area contributed by atoms with Crippen molar-refractivity contribution in [1.82, 2.24) is 9.55 Å². The van der Waals surface area contributed by atoms with E-state index in [0.717, 1.165) is 21.4 Å². The molecule has 0 amide bonds. The Labute approximate surface area is 177 Å². The Morgan fingerprint density at radius 1 is 1.14 bits per heavy atom. The number of ether oxygens (including phenoxy) is 1. The quantitative estimate of drug-likeness (QED) is 0.314. The number of aromatic nitrogens is 2. The molecule has 4 aromatic rings. The van der Waals surface area contributed by atoms with Crippen LogP contribution < -0.4 is 4.74 Å². The van der Waals surface area contributed by atoms with Crippen molar-refractivity contribution in [3.8, 4) is 5.75 Å². The third-order valence-corrected chi connectivity index (χ3v) is 6.95. The number of thioether (sulfide) groups is 1. The topological polar surface area (TPSA) is 64.3 Å². The number of nitrogens with zero attached hydrogens (tertiary/aromatic N) is 2. The molecule has 0 aliphatic carbocycles. The molecule has 148 valence electrons. The summed E-state index contributed by atoms with van der Waals surface area (Å²) in [5.74, 6) is 0.603. The van der Waals surface area contributed by atoms with Gasteiger partial charge in [0.25, 0.3) is 0 Å². The van der Waals surface area contributed by atoms with Crippen LogP contribution in [0.4, 0.5) is 0 Å². The van der Waals surface area contributed by atoms with Gasteiger partial charge in [-0.3, -0.25) is 0 Å². The number of para-hydroxylation sites is 1. The molecule has 29 heavy (non-hydrogen) atoms. The highest BCUT2D eigenvalue weighted by molar-refractivity contribution is 8.01. The Balaban J connectivity index is 1.36. The van der Waals surface area contributed by atoms with Gasteiger partial charge < -0.3 is 14.4 Å². The minimum Gasteiger partial charge on any atom is -0.493 e. The number of fused-ring (bicyclic) bond motifs is 1. The second kappa shape index (κ2) is 8.31. The van der Waals surface area contributed by atoms with Crippen LogP contribution in [0.25, 0.3) is 10.2 Å². The molecule has 0 aliphatic heterocycles. The summed E-state index contributed by atoms with van der Waals surface area (Å²) in [5, 5.41) is 9.80. The highest BCUT2D eigenvalue weighted by Crippen LogP contribution is 2.30. The molecule has 1 unspecified atom stereocenters. The molecule has 0 saturated heterocycles. The van der Waals surface area contributed by atoms with E-state index in [1.807, 2.05) is 54.6 Å². The van der Waals surface area contributed by atoms with Gasteiger partial charge in [-0.15, -0.1) is 11.3 Å². The minimum absolute atomic E-state index is 0.549. The van der Waals surface area contributed by atoms with Gasteiger partial charge in [0.1, 0.15) is 5.75 Å².